The maximum Gasteiger partial charge on any atom is 0.389 e. The van der Waals surface area contributed by atoms with E-state index >= 15 is 0 Å². The molecule has 0 aliphatic carbocycles. The molecule has 0 radical (unpaired) electrons. The van der Waals surface area contributed by atoms with Crippen molar-refractivity contribution in [2.24, 2.45) is 5.73 Å². The van der Waals surface area contributed by atoms with E-state index in [4.69, 9.17) is 5.73 Å². The van der Waals surface area contributed by atoms with Crippen LogP contribution in [0.4, 0.5) is 35.1 Å². The molecule has 1 nitrogen and oxygen atoms in total. The molecule has 114 valence electrons. The van der Waals surface area contributed by atoms with Crippen molar-refractivity contribution >= 4 is 0 Å². The van der Waals surface area contributed by atoms with Crippen molar-refractivity contribution in [1.29, 1.82) is 0 Å². The van der Waals surface area contributed by atoms with Gasteiger partial charge in [-0.15, -0.1) is 0 Å². The number of hydrogen-bond acceptors (Lipinski definition) is 1. The van der Waals surface area contributed by atoms with E-state index in [-0.39, 0.29) is 0 Å². The van der Waals surface area contributed by atoms with Crippen LogP contribution < -0.4 is 5.73 Å². The predicted molar refractivity (Wildman–Crippen MR) is 53.1 cm³/mol. The van der Waals surface area contributed by atoms with Crippen LogP contribution in [0.3, 0.4) is 0 Å². The quantitative estimate of drug-likeness (QED) is 0.505. The molecule has 0 aliphatic heterocycles. The zero-order valence-electron chi connectivity index (χ0n) is 9.80. The minimum atomic E-state index is -4.49. The van der Waals surface area contributed by atoms with Gasteiger partial charge in [-0.25, -0.2) is 22.0 Å². The first-order valence-electron chi connectivity index (χ1n) is 5.40. The molecule has 0 fully saturated rings. The highest BCUT2D eigenvalue weighted by atomic mass is 19.4. The van der Waals surface area contributed by atoms with Crippen molar-refractivity contribution in [3.05, 3.63) is 34.6 Å². The zero-order valence-corrected chi connectivity index (χ0v) is 9.80. The minimum Gasteiger partial charge on any atom is -0.324 e. The van der Waals surface area contributed by atoms with Crippen molar-refractivity contribution in [2.75, 3.05) is 0 Å². The average Bonchev–Trinajstić information content (AvgIpc) is 2.32. The highest BCUT2D eigenvalue weighted by Crippen LogP contribution is 2.30. The Morgan fingerprint density at radius 1 is 0.800 bits per heavy atom. The Bertz CT molecular complexity index is 467. The summed E-state index contributed by atoms with van der Waals surface area (Å²) in [7, 11) is 0. The molecule has 1 aromatic carbocycles. The lowest BCUT2D eigenvalue weighted by Gasteiger charge is -2.15. The predicted octanol–water partition coefficient (Wildman–Crippen LogP) is 4.11. The lowest BCUT2D eigenvalue weighted by Crippen LogP contribution is -2.19. The monoisotopic (exact) mass is 307 g/mol. The lowest BCUT2D eigenvalue weighted by atomic mass is 10.00. The van der Waals surface area contributed by atoms with Gasteiger partial charge in [-0.3, -0.25) is 0 Å². The van der Waals surface area contributed by atoms with Crippen molar-refractivity contribution in [1.82, 2.24) is 0 Å². The van der Waals surface area contributed by atoms with Gasteiger partial charge in [0, 0.05) is 18.0 Å². The lowest BCUT2D eigenvalue weighted by molar-refractivity contribution is -0.135. The van der Waals surface area contributed by atoms with Crippen molar-refractivity contribution in [3.63, 3.8) is 0 Å². The molecule has 20 heavy (non-hydrogen) atoms. The molecule has 0 bridgehead atoms. The topological polar surface area (TPSA) is 26.0 Å². The van der Waals surface area contributed by atoms with Gasteiger partial charge in [0.2, 0.25) is 5.82 Å². The molecule has 0 spiro atoms. The van der Waals surface area contributed by atoms with Crippen LogP contribution in [0.1, 0.15) is 30.9 Å². The minimum absolute atomic E-state index is 0.572. The van der Waals surface area contributed by atoms with Gasteiger partial charge in [0.05, 0.1) is 0 Å². The third kappa shape index (κ3) is 3.59. The van der Waals surface area contributed by atoms with Crippen LogP contribution in [0.15, 0.2) is 0 Å². The molecule has 0 aliphatic rings. The normalized spacial score (nSPS) is 13.7. The van der Waals surface area contributed by atoms with E-state index in [0.717, 1.165) is 0 Å². The van der Waals surface area contributed by atoms with Crippen LogP contribution in [0.25, 0.3) is 0 Å². The smallest absolute Gasteiger partial charge is 0.324 e. The first-order chi connectivity index (χ1) is 9.06. The van der Waals surface area contributed by atoms with Gasteiger partial charge >= 0.3 is 6.18 Å². The van der Waals surface area contributed by atoms with E-state index < -0.39 is 66.1 Å². The van der Waals surface area contributed by atoms with E-state index in [1.54, 1.807) is 0 Å². The van der Waals surface area contributed by atoms with Crippen LogP contribution >= 0.6 is 0 Å². The summed E-state index contributed by atoms with van der Waals surface area (Å²) in [4.78, 5) is 0. The summed E-state index contributed by atoms with van der Waals surface area (Å²) in [5.74, 6) is -10.9. The largest absolute Gasteiger partial charge is 0.389 e. The molecule has 1 atom stereocenters. The Morgan fingerprint density at radius 3 is 1.60 bits per heavy atom. The summed E-state index contributed by atoms with van der Waals surface area (Å²) in [6, 6.07) is -1.72. The summed E-state index contributed by atoms with van der Waals surface area (Å²) in [6.07, 6.45) is -6.92. The van der Waals surface area contributed by atoms with E-state index in [1.807, 2.05) is 0 Å². The Labute approximate surface area is 108 Å². The SMILES string of the molecule is NC(CCCC(F)(F)F)c1c(F)c(F)c(F)c(F)c1F. The van der Waals surface area contributed by atoms with Gasteiger partial charge in [-0.05, 0) is 12.8 Å². The maximum absolute atomic E-state index is 13.3. The summed E-state index contributed by atoms with van der Waals surface area (Å²) in [5, 5.41) is 0. The Kier molecular flexibility index (Phi) is 4.95. The van der Waals surface area contributed by atoms with E-state index in [0.29, 0.717) is 0 Å². The van der Waals surface area contributed by atoms with Crippen LogP contribution in [0.5, 0.6) is 0 Å². The summed E-state index contributed by atoms with van der Waals surface area (Å²) < 4.78 is 101. The molecule has 0 saturated carbocycles. The Balaban J connectivity index is 2.96. The number of halogens is 8. The standard InChI is InChI=1S/C11H9F8N/c12-6-5(4(20)2-1-3-11(17,18)19)7(13)9(15)10(16)8(6)14/h4H,1-3,20H2. The summed E-state index contributed by atoms with van der Waals surface area (Å²) in [6.45, 7) is 0. The van der Waals surface area contributed by atoms with Crippen LogP contribution in [0.2, 0.25) is 0 Å². The molecule has 1 aromatic rings. The summed E-state index contributed by atoms with van der Waals surface area (Å²) in [5.41, 5.74) is 3.91. The fourth-order valence-corrected chi connectivity index (χ4v) is 1.61. The van der Waals surface area contributed by atoms with E-state index in [9.17, 15) is 35.1 Å². The van der Waals surface area contributed by atoms with Gasteiger partial charge < -0.3 is 5.73 Å². The second-order valence-corrected chi connectivity index (χ2v) is 4.10. The third-order valence-electron chi connectivity index (χ3n) is 2.59. The van der Waals surface area contributed by atoms with Crippen LogP contribution in [-0.2, 0) is 0 Å². The Hall–Kier alpha value is -1.38. The summed E-state index contributed by atoms with van der Waals surface area (Å²) >= 11 is 0. The van der Waals surface area contributed by atoms with Crippen LogP contribution in [0, 0.1) is 29.1 Å². The number of alkyl halides is 3. The van der Waals surface area contributed by atoms with E-state index in [2.05, 4.69) is 0 Å². The van der Waals surface area contributed by atoms with Crippen molar-refractivity contribution in [2.45, 2.75) is 31.5 Å². The number of rotatable bonds is 4. The Morgan fingerprint density at radius 2 is 1.20 bits per heavy atom. The number of hydrogen-bond donors (Lipinski definition) is 1. The zero-order chi connectivity index (χ0) is 15.7. The molecular formula is C11H9F8N. The molecule has 1 unspecified atom stereocenters. The first-order valence-corrected chi connectivity index (χ1v) is 5.40. The fraction of sp³-hybridized carbons (Fsp3) is 0.455. The van der Waals surface area contributed by atoms with Gasteiger partial charge in [0.15, 0.2) is 23.3 Å². The van der Waals surface area contributed by atoms with Gasteiger partial charge in [-0.1, -0.05) is 0 Å². The van der Waals surface area contributed by atoms with Crippen molar-refractivity contribution in [3.8, 4) is 0 Å². The molecule has 0 amide bonds. The maximum atomic E-state index is 13.3. The highest BCUT2D eigenvalue weighted by Gasteiger charge is 2.30. The first kappa shape index (κ1) is 16.7. The molecule has 0 saturated heterocycles. The molecular weight excluding hydrogens is 298 g/mol. The molecule has 0 heterocycles. The van der Waals surface area contributed by atoms with Gasteiger partial charge in [-0.2, -0.15) is 13.2 Å². The molecule has 9 heteroatoms. The van der Waals surface area contributed by atoms with E-state index in [1.165, 1.54) is 0 Å². The number of nitrogens with two attached hydrogens (primary N) is 1. The van der Waals surface area contributed by atoms with Gasteiger partial charge in [0.1, 0.15) is 0 Å². The molecule has 0 aromatic heterocycles. The average molecular weight is 307 g/mol. The van der Waals surface area contributed by atoms with Gasteiger partial charge in [0.25, 0.3) is 0 Å². The van der Waals surface area contributed by atoms with Crippen molar-refractivity contribution < 1.29 is 35.1 Å². The third-order valence-corrected chi connectivity index (χ3v) is 2.59. The highest BCUT2D eigenvalue weighted by molar-refractivity contribution is 5.26. The number of benzene rings is 1. The van der Waals surface area contributed by atoms with Crippen LogP contribution in [-0.4, -0.2) is 6.18 Å². The second kappa shape index (κ2) is 5.94. The molecule has 2 N–H and O–H groups in total. The molecule has 1 rings (SSSR count). The second-order valence-electron chi connectivity index (χ2n) is 4.10. The fourth-order valence-electron chi connectivity index (χ4n) is 1.61.